The Morgan fingerprint density at radius 1 is 1.21 bits per heavy atom. The predicted molar refractivity (Wildman–Crippen MR) is 95.1 cm³/mol. The smallest absolute Gasteiger partial charge is 0.253 e. The third-order valence-corrected chi connectivity index (χ3v) is 4.90. The number of aliphatic hydroxyl groups is 1. The molecule has 5 heteroatoms. The van der Waals surface area contributed by atoms with Crippen molar-refractivity contribution in [3.63, 3.8) is 0 Å². The Labute approximate surface area is 144 Å². The first-order valence-corrected chi connectivity index (χ1v) is 8.85. The molecule has 0 saturated heterocycles. The summed E-state index contributed by atoms with van der Waals surface area (Å²) in [7, 11) is 1.69. The Kier molecular flexibility index (Phi) is 6.79. The van der Waals surface area contributed by atoms with Crippen molar-refractivity contribution < 1.29 is 14.7 Å². The maximum atomic E-state index is 12.8. The molecule has 2 atom stereocenters. The molecule has 132 valence electrons. The fraction of sp³-hybridized carbons (Fsp3) is 0.579. The number of nitrogens with zero attached hydrogens (tertiary/aromatic N) is 1. The number of carbonyl (C=O) groups excluding carboxylic acids is 2. The molecular weight excluding hydrogens is 304 g/mol. The number of benzene rings is 1. The van der Waals surface area contributed by atoms with Gasteiger partial charge in [-0.05, 0) is 25.0 Å². The van der Waals surface area contributed by atoms with Crippen LogP contribution in [-0.2, 0) is 4.79 Å². The molecule has 0 spiro atoms. The maximum Gasteiger partial charge on any atom is 0.253 e. The summed E-state index contributed by atoms with van der Waals surface area (Å²) in [6, 6.07) is 7.16. The molecule has 0 aliphatic heterocycles. The summed E-state index contributed by atoms with van der Waals surface area (Å²) in [5.74, 6) is -0.0942. The molecule has 24 heavy (non-hydrogen) atoms. The lowest BCUT2D eigenvalue weighted by molar-refractivity contribution is -0.118. The zero-order valence-corrected chi connectivity index (χ0v) is 14.6. The molecule has 5 nitrogen and oxygen atoms in total. The molecule has 0 radical (unpaired) electrons. The van der Waals surface area contributed by atoms with Crippen molar-refractivity contribution >= 4 is 17.5 Å². The number of anilines is 1. The third kappa shape index (κ3) is 4.35. The number of amides is 2. The molecule has 1 saturated carbocycles. The number of hydrogen-bond acceptors (Lipinski definition) is 3. The van der Waals surface area contributed by atoms with E-state index >= 15 is 0 Å². The lowest BCUT2D eigenvalue weighted by Crippen LogP contribution is -2.41. The molecule has 1 fully saturated rings. The minimum absolute atomic E-state index is 0.00904. The SMILES string of the molecule is CCC(=O)N(C)c1ccccc1C(=O)NC1CCCCCC1CO. The van der Waals surface area contributed by atoms with Gasteiger partial charge in [0.25, 0.3) is 5.91 Å². The van der Waals surface area contributed by atoms with E-state index in [1.807, 2.05) is 6.07 Å². The van der Waals surface area contributed by atoms with Gasteiger partial charge in [0, 0.05) is 32.0 Å². The molecule has 1 aromatic rings. The zero-order chi connectivity index (χ0) is 17.5. The van der Waals surface area contributed by atoms with Gasteiger partial charge < -0.3 is 15.3 Å². The quantitative estimate of drug-likeness (QED) is 0.815. The topological polar surface area (TPSA) is 69.6 Å². The van der Waals surface area contributed by atoms with E-state index in [1.54, 1.807) is 32.2 Å². The van der Waals surface area contributed by atoms with Crippen LogP contribution in [0.4, 0.5) is 5.69 Å². The Hall–Kier alpha value is -1.88. The third-order valence-electron chi connectivity index (χ3n) is 4.90. The summed E-state index contributed by atoms with van der Waals surface area (Å²) >= 11 is 0. The lowest BCUT2D eigenvalue weighted by atomic mass is 9.95. The fourth-order valence-electron chi connectivity index (χ4n) is 3.37. The normalized spacial score (nSPS) is 21.0. The van der Waals surface area contributed by atoms with Gasteiger partial charge in [0.1, 0.15) is 0 Å². The van der Waals surface area contributed by atoms with E-state index in [0.29, 0.717) is 17.7 Å². The Morgan fingerprint density at radius 3 is 2.62 bits per heavy atom. The number of rotatable bonds is 5. The first-order chi connectivity index (χ1) is 11.6. The Balaban J connectivity index is 2.18. The number of carbonyl (C=O) groups is 2. The summed E-state index contributed by atoms with van der Waals surface area (Å²) in [6.07, 6.45) is 5.54. The minimum Gasteiger partial charge on any atom is -0.396 e. The molecule has 1 aliphatic carbocycles. The first-order valence-electron chi connectivity index (χ1n) is 8.85. The monoisotopic (exact) mass is 332 g/mol. The number of aliphatic hydroxyl groups excluding tert-OH is 1. The van der Waals surface area contributed by atoms with Crippen molar-refractivity contribution in [1.29, 1.82) is 0 Å². The van der Waals surface area contributed by atoms with Crippen molar-refractivity contribution in [2.45, 2.75) is 51.5 Å². The van der Waals surface area contributed by atoms with Crippen molar-refractivity contribution in [2.75, 3.05) is 18.6 Å². The second-order valence-electron chi connectivity index (χ2n) is 6.48. The molecule has 2 rings (SSSR count). The van der Waals surface area contributed by atoms with Crippen molar-refractivity contribution in [3.8, 4) is 0 Å². The maximum absolute atomic E-state index is 12.8. The Morgan fingerprint density at radius 2 is 1.92 bits per heavy atom. The minimum atomic E-state index is -0.174. The van der Waals surface area contributed by atoms with Crippen LogP contribution >= 0.6 is 0 Å². The highest BCUT2D eigenvalue weighted by atomic mass is 16.3. The standard InChI is InChI=1S/C19H28N2O3/c1-3-18(23)21(2)17-12-8-7-10-15(17)19(24)20-16-11-6-4-5-9-14(16)13-22/h7-8,10,12,14,16,22H,3-6,9,11,13H2,1-2H3,(H,20,24). The molecule has 2 amide bonds. The molecule has 0 heterocycles. The second-order valence-corrected chi connectivity index (χ2v) is 6.48. The molecule has 1 aliphatic rings. The van der Waals surface area contributed by atoms with Crippen molar-refractivity contribution in [2.24, 2.45) is 5.92 Å². The molecule has 0 aromatic heterocycles. The number of nitrogens with one attached hydrogen (secondary N) is 1. The van der Waals surface area contributed by atoms with Crippen LogP contribution in [0.3, 0.4) is 0 Å². The summed E-state index contributed by atoms with van der Waals surface area (Å²) in [5.41, 5.74) is 1.12. The van der Waals surface area contributed by atoms with Gasteiger partial charge in [-0.15, -0.1) is 0 Å². The van der Waals surface area contributed by atoms with Gasteiger partial charge in [0.15, 0.2) is 0 Å². The molecule has 0 bridgehead atoms. The van der Waals surface area contributed by atoms with Gasteiger partial charge in [-0.3, -0.25) is 9.59 Å². The predicted octanol–water partition coefficient (Wildman–Crippen LogP) is 2.73. The highest BCUT2D eigenvalue weighted by molar-refractivity contribution is 6.04. The van der Waals surface area contributed by atoms with Gasteiger partial charge in [0.05, 0.1) is 11.3 Å². The van der Waals surface area contributed by atoms with Gasteiger partial charge in [-0.1, -0.05) is 38.3 Å². The van der Waals surface area contributed by atoms with E-state index in [1.165, 1.54) is 4.90 Å². The van der Waals surface area contributed by atoms with Gasteiger partial charge in [-0.2, -0.15) is 0 Å². The van der Waals surface area contributed by atoms with E-state index in [-0.39, 0.29) is 30.4 Å². The summed E-state index contributed by atoms with van der Waals surface area (Å²) < 4.78 is 0. The van der Waals surface area contributed by atoms with Crippen LogP contribution in [0.25, 0.3) is 0 Å². The summed E-state index contributed by atoms with van der Waals surface area (Å²) in [4.78, 5) is 26.3. The van der Waals surface area contributed by atoms with Crippen LogP contribution < -0.4 is 10.2 Å². The van der Waals surface area contributed by atoms with Gasteiger partial charge >= 0.3 is 0 Å². The average Bonchev–Trinajstić information content (AvgIpc) is 2.85. The molecule has 2 unspecified atom stereocenters. The van der Waals surface area contributed by atoms with Crippen LogP contribution in [0.2, 0.25) is 0 Å². The highest BCUT2D eigenvalue weighted by Gasteiger charge is 2.26. The van der Waals surface area contributed by atoms with Crippen molar-refractivity contribution in [3.05, 3.63) is 29.8 Å². The Bertz CT molecular complexity index is 573. The largest absolute Gasteiger partial charge is 0.396 e. The fourth-order valence-corrected chi connectivity index (χ4v) is 3.37. The summed E-state index contributed by atoms with van der Waals surface area (Å²) in [5, 5.41) is 12.7. The number of para-hydroxylation sites is 1. The van der Waals surface area contributed by atoms with Crippen molar-refractivity contribution in [1.82, 2.24) is 5.32 Å². The highest BCUT2D eigenvalue weighted by Crippen LogP contribution is 2.25. The van der Waals surface area contributed by atoms with E-state index in [9.17, 15) is 14.7 Å². The lowest BCUT2D eigenvalue weighted by Gasteiger charge is -2.26. The average molecular weight is 332 g/mol. The van der Waals surface area contributed by atoms with E-state index in [0.717, 1.165) is 32.1 Å². The molecular formula is C19H28N2O3. The van der Waals surface area contributed by atoms with E-state index < -0.39 is 0 Å². The van der Waals surface area contributed by atoms with E-state index in [2.05, 4.69) is 5.32 Å². The van der Waals surface area contributed by atoms with Crippen LogP contribution in [-0.4, -0.2) is 36.6 Å². The van der Waals surface area contributed by atoms with Crippen LogP contribution in [0.1, 0.15) is 55.8 Å². The van der Waals surface area contributed by atoms with Crippen LogP contribution in [0, 0.1) is 5.92 Å². The summed E-state index contributed by atoms with van der Waals surface area (Å²) in [6.45, 7) is 1.90. The molecule has 2 N–H and O–H groups in total. The van der Waals surface area contributed by atoms with Gasteiger partial charge in [0.2, 0.25) is 5.91 Å². The first kappa shape index (κ1) is 18.5. The zero-order valence-electron chi connectivity index (χ0n) is 14.6. The van der Waals surface area contributed by atoms with Crippen LogP contribution in [0.5, 0.6) is 0 Å². The van der Waals surface area contributed by atoms with Gasteiger partial charge in [-0.25, -0.2) is 0 Å². The van der Waals surface area contributed by atoms with Crippen LogP contribution in [0.15, 0.2) is 24.3 Å². The van der Waals surface area contributed by atoms with E-state index in [4.69, 9.17) is 0 Å². The molecule has 1 aromatic carbocycles. The number of hydrogen-bond donors (Lipinski definition) is 2. The second kappa shape index (κ2) is 8.83.